The Hall–Kier alpha value is -0.320. The van der Waals surface area contributed by atoms with Gasteiger partial charge in [0.25, 0.3) is 0 Å². The molecule has 8 heteroatoms. The zero-order chi connectivity index (χ0) is 15.0. The predicted octanol–water partition coefficient (Wildman–Crippen LogP) is -3.59. The fourth-order valence-electron chi connectivity index (χ4n) is 0.302. The van der Waals surface area contributed by atoms with Crippen LogP contribution in [0.1, 0.15) is 13.3 Å². The lowest BCUT2D eigenvalue weighted by molar-refractivity contribution is 0.0450. The smallest absolute Gasteiger partial charge is 0.100 e. The Bertz CT molecular complexity index is 115. The van der Waals surface area contributed by atoms with Gasteiger partial charge in [-0.15, -0.1) is 0 Å². The van der Waals surface area contributed by atoms with Crippen LogP contribution in [0.25, 0.3) is 0 Å². The molecule has 0 aromatic carbocycles. The summed E-state index contributed by atoms with van der Waals surface area (Å²) in [6.07, 6.45) is -1.77. The van der Waals surface area contributed by atoms with Gasteiger partial charge in [-0.25, -0.2) is 0 Å². The molecule has 0 rings (SSSR count). The lowest BCUT2D eigenvalue weighted by atomic mass is 10.3. The maximum absolute atomic E-state index is 8.39. The van der Waals surface area contributed by atoms with Crippen molar-refractivity contribution < 1.29 is 40.9 Å². The first kappa shape index (κ1) is 22.8. The molecule has 0 bridgehead atoms. The SMILES string of the molecule is CC(O)CCO.OCC(O)CO.OCC(O)CO. The fourth-order valence-corrected chi connectivity index (χ4v) is 0.302. The third-order valence-corrected chi connectivity index (χ3v) is 1.39. The van der Waals surface area contributed by atoms with Crippen LogP contribution in [-0.4, -0.2) is 92.2 Å². The van der Waals surface area contributed by atoms with E-state index in [0.717, 1.165) is 0 Å². The minimum Gasteiger partial charge on any atom is -0.396 e. The molecule has 8 nitrogen and oxygen atoms in total. The van der Waals surface area contributed by atoms with Gasteiger partial charge in [-0.2, -0.15) is 0 Å². The molecule has 0 saturated heterocycles. The summed E-state index contributed by atoms with van der Waals surface area (Å²) in [5.41, 5.74) is 0. The van der Waals surface area contributed by atoms with Gasteiger partial charge in [0.2, 0.25) is 0 Å². The summed E-state index contributed by atoms with van der Waals surface area (Å²) >= 11 is 0. The van der Waals surface area contributed by atoms with Crippen LogP contribution in [-0.2, 0) is 0 Å². The highest BCUT2D eigenvalue weighted by molar-refractivity contribution is 4.44. The van der Waals surface area contributed by atoms with Crippen LogP contribution in [0, 0.1) is 0 Å². The average Bonchev–Trinajstić information content (AvgIpc) is 2.38. The van der Waals surface area contributed by atoms with Crippen molar-refractivity contribution in [3.8, 4) is 0 Å². The molecule has 0 saturated carbocycles. The molecule has 1 unspecified atom stereocenters. The molecule has 8 N–H and O–H groups in total. The summed E-state index contributed by atoms with van der Waals surface area (Å²) < 4.78 is 0. The van der Waals surface area contributed by atoms with Gasteiger partial charge in [-0.3, -0.25) is 0 Å². The Labute approximate surface area is 106 Å². The molecule has 0 heterocycles. The molecule has 0 aromatic rings. The highest BCUT2D eigenvalue weighted by Crippen LogP contribution is 1.83. The average molecular weight is 274 g/mol. The predicted molar refractivity (Wildman–Crippen MR) is 63.7 cm³/mol. The first-order valence-corrected chi connectivity index (χ1v) is 5.47. The molecule has 1 atom stereocenters. The van der Waals surface area contributed by atoms with E-state index in [0.29, 0.717) is 6.42 Å². The molecule has 0 fully saturated rings. The Morgan fingerprint density at radius 3 is 0.944 bits per heavy atom. The molecule has 0 spiro atoms. The molecule has 114 valence electrons. The summed E-state index contributed by atoms with van der Waals surface area (Å²) in [7, 11) is 0. The quantitative estimate of drug-likeness (QED) is 0.246. The minimum absolute atomic E-state index is 0.0810. The molecule has 18 heavy (non-hydrogen) atoms. The van der Waals surface area contributed by atoms with E-state index in [1.54, 1.807) is 6.92 Å². The van der Waals surface area contributed by atoms with Crippen LogP contribution in [0.5, 0.6) is 0 Å². The molecular weight excluding hydrogens is 248 g/mol. The van der Waals surface area contributed by atoms with Gasteiger partial charge >= 0.3 is 0 Å². The van der Waals surface area contributed by atoms with Gasteiger partial charge in [0.15, 0.2) is 0 Å². The van der Waals surface area contributed by atoms with Gasteiger partial charge in [-0.1, -0.05) is 0 Å². The van der Waals surface area contributed by atoms with E-state index in [-0.39, 0.29) is 39.1 Å². The second-order valence-corrected chi connectivity index (χ2v) is 3.40. The molecule has 0 aliphatic heterocycles. The fraction of sp³-hybridized carbons (Fsp3) is 1.00. The molecule has 0 amide bonds. The van der Waals surface area contributed by atoms with Crippen LogP contribution in [0.4, 0.5) is 0 Å². The van der Waals surface area contributed by atoms with Crippen LogP contribution in [0.15, 0.2) is 0 Å². The summed E-state index contributed by atoms with van der Waals surface area (Å²) in [4.78, 5) is 0. The van der Waals surface area contributed by atoms with Crippen LogP contribution in [0.2, 0.25) is 0 Å². The van der Waals surface area contributed by atoms with E-state index in [9.17, 15) is 0 Å². The van der Waals surface area contributed by atoms with Gasteiger partial charge in [-0.05, 0) is 13.3 Å². The maximum Gasteiger partial charge on any atom is 0.100 e. The van der Waals surface area contributed by atoms with E-state index >= 15 is 0 Å². The summed E-state index contributed by atoms with van der Waals surface area (Å²) in [6, 6.07) is 0. The van der Waals surface area contributed by atoms with E-state index in [4.69, 9.17) is 40.9 Å². The second-order valence-electron chi connectivity index (χ2n) is 3.40. The summed E-state index contributed by atoms with van der Waals surface area (Å²) in [5, 5.41) is 64.5. The van der Waals surface area contributed by atoms with Crippen LogP contribution >= 0.6 is 0 Å². The third kappa shape index (κ3) is 29.6. The first-order valence-electron chi connectivity index (χ1n) is 5.47. The summed E-state index contributed by atoms with van der Waals surface area (Å²) in [6.45, 7) is 0.272. The number of hydrogen-bond acceptors (Lipinski definition) is 8. The van der Waals surface area contributed by atoms with Crippen molar-refractivity contribution in [1.29, 1.82) is 0 Å². The van der Waals surface area contributed by atoms with E-state index < -0.39 is 12.2 Å². The highest BCUT2D eigenvalue weighted by Gasteiger charge is 1.94. The highest BCUT2D eigenvalue weighted by atomic mass is 16.3. The standard InChI is InChI=1S/C4H10O2.2C3H8O3/c1-4(6)2-3-5;2*4-1-3(6)2-5/h4-6H,2-3H2,1H3;2*3-6H,1-2H2. The largest absolute Gasteiger partial charge is 0.396 e. The Balaban J connectivity index is -0.000000187. The lowest BCUT2D eigenvalue weighted by Crippen LogP contribution is -2.15. The molecule has 0 aromatic heterocycles. The topological polar surface area (TPSA) is 162 Å². The number of aliphatic hydroxyl groups excluding tert-OH is 8. The Kier molecular flexibility index (Phi) is 24.1. The van der Waals surface area contributed by atoms with Crippen molar-refractivity contribution in [2.75, 3.05) is 33.0 Å². The zero-order valence-electron chi connectivity index (χ0n) is 10.6. The van der Waals surface area contributed by atoms with Gasteiger partial charge < -0.3 is 40.9 Å². The normalized spacial score (nSPS) is 11.5. The molecule has 0 aliphatic rings. The second kappa shape index (κ2) is 19.0. The van der Waals surface area contributed by atoms with Crippen LogP contribution < -0.4 is 0 Å². The van der Waals surface area contributed by atoms with Crippen molar-refractivity contribution in [3.05, 3.63) is 0 Å². The summed E-state index contributed by atoms with van der Waals surface area (Å²) in [5.74, 6) is 0. The van der Waals surface area contributed by atoms with E-state index in [1.165, 1.54) is 0 Å². The van der Waals surface area contributed by atoms with Crippen LogP contribution in [0.3, 0.4) is 0 Å². The van der Waals surface area contributed by atoms with Gasteiger partial charge in [0, 0.05) is 6.61 Å². The van der Waals surface area contributed by atoms with Crippen molar-refractivity contribution in [1.82, 2.24) is 0 Å². The molecule has 0 radical (unpaired) electrons. The Morgan fingerprint density at radius 2 is 0.944 bits per heavy atom. The number of hydrogen-bond donors (Lipinski definition) is 8. The van der Waals surface area contributed by atoms with Crippen molar-refractivity contribution in [2.24, 2.45) is 0 Å². The first-order chi connectivity index (χ1) is 8.39. The van der Waals surface area contributed by atoms with Gasteiger partial charge in [0.1, 0.15) is 12.2 Å². The zero-order valence-corrected chi connectivity index (χ0v) is 10.6. The van der Waals surface area contributed by atoms with E-state index in [2.05, 4.69) is 0 Å². The van der Waals surface area contributed by atoms with E-state index in [1.807, 2.05) is 0 Å². The van der Waals surface area contributed by atoms with Crippen molar-refractivity contribution in [2.45, 2.75) is 31.7 Å². The molecule has 0 aliphatic carbocycles. The Morgan fingerprint density at radius 1 is 0.667 bits per heavy atom. The number of rotatable bonds is 6. The monoisotopic (exact) mass is 274 g/mol. The van der Waals surface area contributed by atoms with Gasteiger partial charge in [0.05, 0.1) is 32.5 Å². The maximum atomic E-state index is 8.39. The number of aliphatic hydroxyl groups is 8. The molecular formula is C10H26O8. The minimum atomic E-state index is -0.954. The lowest BCUT2D eigenvalue weighted by Gasteiger charge is -1.96. The third-order valence-electron chi connectivity index (χ3n) is 1.39. The van der Waals surface area contributed by atoms with Crippen molar-refractivity contribution in [3.63, 3.8) is 0 Å². The van der Waals surface area contributed by atoms with Crippen molar-refractivity contribution >= 4 is 0 Å².